The van der Waals surface area contributed by atoms with Crippen LogP contribution in [0, 0.1) is 23.7 Å². The first kappa shape index (κ1) is 15.4. The highest BCUT2D eigenvalue weighted by molar-refractivity contribution is 5.69. The molecule has 1 unspecified atom stereocenters. The Kier molecular flexibility index (Phi) is 4.31. The van der Waals surface area contributed by atoms with Gasteiger partial charge < -0.3 is 9.47 Å². The lowest BCUT2D eigenvalue weighted by atomic mass is 9.86. The number of carbonyl (C=O) groups is 1. The highest BCUT2D eigenvalue weighted by atomic mass is 16.6. The van der Waals surface area contributed by atoms with Gasteiger partial charge in [0.25, 0.3) is 0 Å². The number of esters is 1. The van der Waals surface area contributed by atoms with Crippen LogP contribution < -0.4 is 0 Å². The number of carbonyl (C=O) groups excluding carboxylic acids is 1. The van der Waals surface area contributed by atoms with Crippen LogP contribution in [0.5, 0.6) is 0 Å². The molecule has 3 heteroatoms. The van der Waals surface area contributed by atoms with E-state index in [1.807, 2.05) is 0 Å². The summed E-state index contributed by atoms with van der Waals surface area (Å²) in [6.07, 6.45) is 16.8. The quantitative estimate of drug-likeness (QED) is 0.438. The van der Waals surface area contributed by atoms with Crippen molar-refractivity contribution in [1.29, 1.82) is 0 Å². The number of hydrogen-bond donors (Lipinski definition) is 0. The summed E-state index contributed by atoms with van der Waals surface area (Å²) < 4.78 is 11.8. The Morgan fingerprint density at radius 3 is 2.87 bits per heavy atom. The predicted octanol–water partition coefficient (Wildman–Crippen LogP) is 4.03. The molecular formula is C20H28O3. The van der Waals surface area contributed by atoms with Crippen molar-refractivity contribution >= 4 is 5.97 Å². The summed E-state index contributed by atoms with van der Waals surface area (Å²) in [5.41, 5.74) is 0. The second-order valence-electron chi connectivity index (χ2n) is 7.67. The molecule has 4 aliphatic rings. The molecule has 7 atom stereocenters. The minimum Gasteiger partial charge on any atom is -0.462 e. The summed E-state index contributed by atoms with van der Waals surface area (Å²) in [5.74, 6) is 2.25. The number of cyclic esters (lactones) is 1. The first-order chi connectivity index (χ1) is 11.3. The Morgan fingerprint density at radius 1 is 1.13 bits per heavy atom. The van der Waals surface area contributed by atoms with Crippen LogP contribution in [-0.2, 0) is 14.3 Å². The lowest BCUT2D eigenvalue weighted by Gasteiger charge is -2.29. The summed E-state index contributed by atoms with van der Waals surface area (Å²) >= 11 is 0. The second-order valence-corrected chi connectivity index (χ2v) is 7.67. The highest BCUT2D eigenvalue weighted by Crippen LogP contribution is 2.55. The van der Waals surface area contributed by atoms with Gasteiger partial charge in [-0.2, -0.15) is 0 Å². The zero-order valence-corrected chi connectivity index (χ0v) is 14.0. The molecule has 3 fully saturated rings. The highest BCUT2D eigenvalue weighted by Gasteiger charge is 2.60. The summed E-state index contributed by atoms with van der Waals surface area (Å²) in [6, 6.07) is 0. The summed E-state index contributed by atoms with van der Waals surface area (Å²) in [4.78, 5) is 12.3. The molecule has 0 amide bonds. The van der Waals surface area contributed by atoms with Crippen LogP contribution >= 0.6 is 0 Å². The number of fused-ring (bicyclic) bond motifs is 3. The van der Waals surface area contributed by atoms with Crippen LogP contribution in [0.3, 0.4) is 0 Å². The maximum absolute atomic E-state index is 12.3. The van der Waals surface area contributed by atoms with Crippen LogP contribution in [0.25, 0.3) is 0 Å². The Balaban J connectivity index is 1.54. The van der Waals surface area contributed by atoms with Gasteiger partial charge in [0.2, 0.25) is 0 Å². The van der Waals surface area contributed by atoms with Crippen molar-refractivity contribution in [3.05, 3.63) is 24.3 Å². The Labute approximate surface area is 139 Å². The minimum atomic E-state index is 0.00798. The van der Waals surface area contributed by atoms with E-state index in [0.717, 1.165) is 31.6 Å². The average Bonchev–Trinajstić information content (AvgIpc) is 3.45. The number of ether oxygens (including phenoxy) is 2. The van der Waals surface area contributed by atoms with Crippen molar-refractivity contribution in [3.63, 3.8) is 0 Å². The monoisotopic (exact) mass is 316 g/mol. The summed E-state index contributed by atoms with van der Waals surface area (Å²) in [7, 11) is 0. The van der Waals surface area contributed by atoms with Crippen LogP contribution in [0.1, 0.15) is 51.9 Å². The van der Waals surface area contributed by atoms with E-state index >= 15 is 0 Å². The van der Waals surface area contributed by atoms with Gasteiger partial charge in [-0.15, -0.1) is 0 Å². The van der Waals surface area contributed by atoms with E-state index in [0.29, 0.717) is 36.4 Å². The van der Waals surface area contributed by atoms with Crippen molar-refractivity contribution in [1.82, 2.24) is 0 Å². The third-order valence-electron chi connectivity index (χ3n) is 6.16. The van der Waals surface area contributed by atoms with Gasteiger partial charge in [0.1, 0.15) is 6.10 Å². The zero-order chi connectivity index (χ0) is 15.8. The topological polar surface area (TPSA) is 38.8 Å². The number of allylic oxidation sites excluding steroid dienone is 3. The molecule has 0 N–H and O–H groups in total. The molecular weight excluding hydrogens is 288 g/mol. The van der Waals surface area contributed by atoms with Crippen molar-refractivity contribution in [2.45, 2.75) is 70.2 Å². The fraction of sp³-hybridized carbons (Fsp3) is 0.750. The van der Waals surface area contributed by atoms with Gasteiger partial charge in [0, 0.05) is 18.3 Å². The first-order valence-corrected chi connectivity index (χ1v) is 9.44. The molecule has 126 valence electrons. The van der Waals surface area contributed by atoms with E-state index < -0.39 is 0 Å². The second kappa shape index (κ2) is 6.43. The molecule has 0 aromatic carbocycles. The summed E-state index contributed by atoms with van der Waals surface area (Å²) in [6.45, 7) is 2.25. The molecule has 2 aliphatic carbocycles. The Morgan fingerprint density at radius 2 is 2.04 bits per heavy atom. The molecule has 0 aromatic heterocycles. The van der Waals surface area contributed by atoms with E-state index in [9.17, 15) is 4.79 Å². The van der Waals surface area contributed by atoms with E-state index in [2.05, 4.69) is 31.2 Å². The molecule has 3 nitrogen and oxygen atoms in total. The van der Waals surface area contributed by atoms with Crippen LogP contribution in [0.2, 0.25) is 0 Å². The van der Waals surface area contributed by atoms with Gasteiger partial charge in [0.05, 0.1) is 12.2 Å². The Bertz CT molecular complexity index is 509. The smallest absolute Gasteiger partial charge is 0.306 e. The number of rotatable bonds is 2. The van der Waals surface area contributed by atoms with E-state index in [4.69, 9.17) is 9.47 Å². The zero-order valence-electron chi connectivity index (χ0n) is 14.0. The van der Waals surface area contributed by atoms with E-state index in [1.165, 1.54) is 12.8 Å². The summed E-state index contributed by atoms with van der Waals surface area (Å²) in [5, 5.41) is 0. The van der Waals surface area contributed by atoms with Gasteiger partial charge >= 0.3 is 5.97 Å². The molecule has 1 saturated heterocycles. The van der Waals surface area contributed by atoms with Crippen molar-refractivity contribution in [2.75, 3.05) is 0 Å². The van der Waals surface area contributed by atoms with Gasteiger partial charge in [-0.25, -0.2) is 0 Å². The van der Waals surface area contributed by atoms with Gasteiger partial charge in [-0.3, -0.25) is 4.79 Å². The maximum Gasteiger partial charge on any atom is 0.306 e. The van der Waals surface area contributed by atoms with Crippen LogP contribution in [0.15, 0.2) is 24.3 Å². The van der Waals surface area contributed by atoms with Crippen LogP contribution in [0.4, 0.5) is 0 Å². The molecule has 2 aliphatic heterocycles. The van der Waals surface area contributed by atoms with Crippen molar-refractivity contribution < 1.29 is 14.3 Å². The Hall–Kier alpha value is -1.09. The van der Waals surface area contributed by atoms with E-state index in [-0.39, 0.29) is 12.1 Å². The number of epoxide rings is 1. The third kappa shape index (κ3) is 3.26. The van der Waals surface area contributed by atoms with Gasteiger partial charge in [-0.1, -0.05) is 37.6 Å². The molecule has 0 spiro atoms. The SMILES string of the molecule is CC[C@H]1C[C@H]1[C@H]1OC(=O)CCC/C=C\C/C=C\[C@H]2C1C[C@@H]1O[C@@H]12. The number of hydrogen-bond acceptors (Lipinski definition) is 3. The molecule has 23 heavy (non-hydrogen) atoms. The molecule has 0 aromatic rings. The van der Waals surface area contributed by atoms with Crippen molar-refractivity contribution in [3.8, 4) is 0 Å². The minimum absolute atomic E-state index is 0.00798. The largest absolute Gasteiger partial charge is 0.462 e. The molecule has 0 radical (unpaired) electrons. The fourth-order valence-corrected chi connectivity index (χ4v) is 4.70. The molecule has 2 heterocycles. The van der Waals surface area contributed by atoms with Gasteiger partial charge in [0.15, 0.2) is 0 Å². The van der Waals surface area contributed by atoms with Gasteiger partial charge in [-0.05, 0) is 43.9 Å². The van der Waals surface area contributed by atoms with Crippen molar-refractivity contribution in [2.24, 2.45) is 23.7 Å². The standard InChI is InChI=1S/C20H28O3/c1-2-13-11-15(13)19-16-12-17-20(22-17)14(16)9-7-5-3-4-6-8-10-18(21)23-19/h3-4,7,9,13-17,19-20H,2,5-6,8,10-12H2,1H3/b4-3-,9-7-/t13-,14-,15+,16?,17-,19+,20+/m0/s1. The lowest BCUT2D eigenvalue weighted by Crippen LogP contribution is -2.33. The fourth-order valence-electron chi connectivity index (χ4n) is 4.70. The average molecular weight is 316 g/mol. The maximum atomic E-state index is 12.3. The molecule has 0 bridgehead atoms. The third-order valence-corrected chi connectivity index (χ3v) is 6.16. The normalized spacial score (nSPS) is 48.7. The first-order valence-electron chi connectivity index (χ1n) is 9.44. The van der Waals surface area contributed by atoms with Crippen LogP contribution in [-0.4, -0.2) is 24.3 Å². The predicted molar refractivity (Wildman–Crippen MR) is 88.8 cm³/mol. The lowest BCUT2D eigenvalue weighted by molar-refractivity contribution is -0.155. The molecule has 4 rings (SSSR count). The molecule has 2 saturated carbocycles. The van der Waals surface area contributed by atoms with E-state index in [1.54, 1.807) is 0 Å².